The van der Waals surface area contributed by atoms with Gasteiger partial charge in [0.15, 0.2) is 5.96 Å². The Hall–Kier alpha value is -0.530. The van der Waals surface area contributed by atoms with E-state index < -0.39 is 0 Å². The second-order valence-electron chi connectivity index (χ2n) is 6.19. The summed E-state index contributed by atoms with van der Waals surface area (Å²) in [5, 5.41) is 3.43. The van der Waals surface area contributed by atoms with Crippen LogP contribution in [0.3, 0.4) is 0 Å². The number of likely N-dealkylation sites (tertiary alicyclic amines) is 1. The van der Waals surface area contributed by atoms with Crippen molar-refractivity contribution in [3.8, 4) is 0 Å². The zero-order valence-electron chi connectivity index (χ0n) is 13.5. The minimum Gasteiger partial charge on any atom is -0.352 e. The van der Waals surface area contributed by atoms with Gasteiger partial charge >= 0.3 is 0 Å². The maximum Gasteiger partial charge on any atom is 0.225 e. The van der Waals surface area contributed by atoms with Gasteiger partial charge in [0, 0.05) is 46.2 Å². The lowest BCUT2D eigenvalue weighted by Gasteiger charge is -2.26. The lowest BCUT2D eigenvalue weighted by molar-refractivity contribution is -0.135. The van der Waals surface area contributed by atoms with E-state index in [2.05, 4.69) is 15.2 Å². The molecule has 1 N–H and O–H groups in total. The van der Waals surface area contributed by atoms with Gasteiger partial charge in [-0.05, 0) is 19.3 Å². The van der Waals surface area contributed by atoms with Crippen molar-refractivity contribution in [2.45, 2.75) is 44.6 Å². The molecule has 122 valence electrons. The second-order valence-corrected chi connectivity index (χ2v) is 6.19. The molecule has 21 heavy (non-hydrogen) atoms. The molecule has 1 unspecified atom stereocenters. The third-order valence-electron chi connectivity index (χ3n) is 4.42. The Morgan fingerprint density at radius 2 is 1.86 bits per heavy atom. The normalized spacial score (nSPS) is 23.7. The summed E-state index contributed by atoms with van der Waals surface area (Å²) in [6, 6.07) is 0.337. The van der Waals surface area contributed by atoms with Gasteiger partial charge in [0.1, 0.15) is 0 Å². The topological polar surface area (TPSA) is 47.9 Å². The van der Waals surface area contributed by atoms with E-state index in [9.17, 15) is 4.79 Å². The monoisotopic (exact) mass is 408 g/mol. The molecule has 1 amide bonds. The number of nitrogens with zero attached hydrogens (tertiary/aromatic N) is 3. The third kappa shape index (κ3) is 5.00. The van der Waals surface area contributed by atoms with Crippen LogP contribution < -0.4 is 5.32 Å². The number of aliphatic imine (C=N–C) groups is 1. The lowest BCUT2D eigenvalue weighted by atomic mass is 9.88. The summed E-state index contributed by atoms with van der Waals surface area (Å²) in [5.41, 5.74) is 0. The van der Waals surface area contributed by atoms with E-state index in [1.54, 1.807) is 7.05 Å². The van der Waals surface area contributed by atoms with Crippen molar-refractivity contribution in [3.05, 3.63) is 0 Å². The highest BCUT2D eigenvalue weighted by atomic mass is 127. The van der Waals surface area contributed by atoms with Crippen molar-refractivity contribution >= 4 is 35.8 Å². The van der Waals surface area contributed by atoms with Crippen LogP contribution in [0.25, 0.3) is 0 Å². The van der Waals surface area contributed by atoms with E-state index >= 15 is 0 Å². The van der Waals surface area contributed by atoms with Gasteiger partial charge in [-0.15, -0.1) is 24.0 Å². The molecule has 2 rings (SSSR count). The number of hydrogen-bond acceptors (Lipinski definition) is 2. The number of halogens is 1. The highest BCUT2D eigenvalue weighted by Gasteiger charge is 2.31. The maximum absolute atomic E-state index is 12.5. The van der Waals surface area contributed by atoms with Crippen LogP contribution in [0, 0.1) is 5.92 Å². The molecule has 1 aliphatic carbocycles. The highest BCUT2D eigenvalue weighted by molar-refractivity contribution is 14.0. The molecule has 0 bridgehead atoms. The zero-order chi connectivity index (χ0) is 14.5. The van der Waals surface area contributed by atoms with E-state index in [1.165, 1.54) is 19.3 Å². The summed E-state index contributed by atoms with van der Waals surface area (Å²) in [6.45, 7) is 1.71. The van der Waals surface area contributed by atoms with E-state index in [0.717, 1.165) is 38.3 Å². The molecule has 1 aliphatic heterocycles. The fourth-order valence-electron chi connectivity index (χ4n) is 3.26. The van der Waals surface area contributed by atoms with Gasteiger partial charge in [-0.25, -0.2) is 0 Å². The van der Waals surface area contributed by atoms with E-state index in [1.807, 2.05) is 19.0 Å². The highest BCUT2D eigenvalue weighted by Crippen LogP contribution is 2.26. The average Bonchev–Trinajstić information content (AvgIpc) is 2.93. The third-order valence-corrected chi connectivity index (χ3v) is 4.42. The van der Waals surface area contributed by atoms with E-state index in [4.69, 9.17) is 0 Å². The van der Waals surface area contributed by atoms with Crippen molar-refractivity contribution in [1.82, 2.24) is 15.1 Å². The molecule has 1 heterocycles. The number of amides is 1. The SMILES string of the molecule is CN=C(NC1CCN(C(=O)C2CCCCC2)C1)N(C)C.I. The van der Waals surface area contributed by atoms with Gasteiger partial charge in [-0.3, -0.25) is 9.79 Å². The van der Waals surface area contributed by atoms with Crippen LogP contribution in [0.15, 0.2) is 4.99 Å². The predicted molar refractivity (Wildman–Crippen MR) is 97.2 cm³/mol. The number of carbonyl (C=O) groups excluding carboxylic acids is 1. The summed E-state index contributed by atoms with van der Waals surface area (Å²) in [7, 11) is 5.76. The Morgan fingerprint density at radius 3 is 2.43 bits per heavy atom. The molecule has 6 heteroatoms. The van der Waals surface area contributed by atoms with Crippen LogP contribution in [-0.4, -0.2) is 61.9 Å². The quantitative estimate of drug-likeness (QED) is 0.432. The summed E-state index contributed by atoms with van der Waals surface area (Å²) >= 11 is 0. The molecule has 0 radical (unpaired) electrons. The molecule has 1 saturated carbocycles. The van der Waals surface area contributed by atoms with Crippen LogP contribution in [0.1, 0.15) is 38.5 Å². The van der Waals surface area contributed by atoms with Crippen molar-refractivity contribution in [2.24, 2.45) is 10.9 Å². The first-order valence-electron chi connectivity index (χ1n) is 7.81. The van der Waals surface area contributed by atoms with Crippen molar-refractivity contribution in [1.29, 1.82) is 0 Å². The van der Waals surface area contributed by atoms with Crippen LogP contribution in [0.5, 0.6) is 0 Å². The number of hydrogen-bond donors (Lipinski definition) is 1. The van der Waals surface area contributed by atoms with E-state index in [0.29, 0.717) is 11.9 Å². The number of rotatable bonds is 2. The van der Waals surface area contributed by atoms with Crippen LogP contribution in [-0.2, 0) is 4.79 Å². The lowest BCUT2D eigenvalue weighted by Crippen LogP contribution is -2.45. The van der Waals surface area contributed by atoms with Crippen LogP contribution >= 0.6 is 24.0 Å². The first-order chi connectivity index (χ1) is 9.61. The minimum atomic E-state index is 0. The summed E-state index contributed by atoms with van der Waals surface area (Å²) in [4.78, 5) is 20.8. The van der Waals surface area contributed by atoms with Crippen LogP contribution in [0.4, 0.5) is 0 Å². The summed E-state index contributed by atoms with van der Waals surface area (Å²) in [6.07, 6.45) is 6.94. The molecule has 0 spiro atoms. The molecule has 2 aliphatic rings. The second kappa shape index (κ2) is 8.80. The van der Waals surface area contributed by atoms with Gasteiger partial charge in [0.2, 0.25) is 5.91 Å². The summed E-state index contributed by atoms with van der Waals surface area (Å²) in [5.74, 6) is 1.56. The molecule has 5 nitrogen and oxygen atoms in total. The number of guanidine groups is 1. The fraction of sp³-hybridized carbons (Fsp3) is 0.867. The van der Waals surface area contributed by atoms with Gasteiger partial charge in [0.05, 0.1) is 0 Å². The Labute approximate surface area is 145 Å². The molecule has 2 fully saturated rings. The standard InChI is InChI=1S/C15H28N4O.HI/c1-16-15(18(2)3)17-13-9-10-19(11-13)14(20)12-7-5-4-6-8-12;/h12-13H,4-11H2,1-3H3,(H,16,17);1H. The molecule has 0 aromatic heterocycles. The predicted octanol–water partition coefficient (Wildman–Crippen LogP) is 1.92. The van der Waals surface area contributed by atoms with Crippen molar-refractivity contribution in [3.63, 3.8) is 0 Å². The van der Waals surface area contributed by atoms with Gasteiger partial charge in [-0.2, -0.15) is 0 Å². The molecule has 1 atom stereocenters. The Bertz CT molecular complexity index is 367. The Kier molecular flexibility index (Phi) is 7.76. The van der Waals surface area contributed by atoms with Crippen molar-refractivity contribution < 1.29 is 4.79 Å². The smallest absolute Gasteiger partial charge is 0.225 e. The van der Waals surface area contributed by atoms with Gasteiger partial charge < -0.3 is 15.1 Å². The first kappa shape index (κ1) is 18.5. The minimum absolute atomic E-state index is 0. The molecular weight excluding hydrogens is 379 g/mol. The zero-order valence-corrected chi connectivity index (χ0v) is 15.8. The summed E-state index contributed by atoms with van der Waals surface area (Å²) < 4.78 is 0. The van der Waals surface area contributed by atoms with Gasteiger partial charge in [0.25, 0.3) is 0 Å². The molecule has 0 aromatic carbocycles. The number of carbonyl (C=O) groups is 1. The molecule has 0 aromatic rings. The largest absolute Gasteiger partial charge is 0.352 e. The van der Waals surface area contributed by atoms with Crippen molar-refractivity contribution in [2.75, 3.05) is 34.2 Å². The fourth-order valence-corrected chi connectivity index (χ4v) is 3.26. The number of nitrogens with one attached hydrogen (secondary N) is 1. The molecule has 1 saturated heterocycles. The Morgan fingerprint density at radius 1 is 1.19 bits per heavy atom. The average molecular weight is 408 g/mol. The van der Waals surface area contributed by atoms with E-state index in [-0.39, 0.29) is 29.9 Å². The molecular formula is C15H29IN4O. The van der Waals surface area contributed by atoms with Gasteiger partial charge in [-0.1, -0.05) is 19.3 Å². The first-order valence-corrected chi connectivity index (χ1v) is 7.81. The Balaban J connectivity index is 0.00000220. The van der Waals surface area contributed by atoms with Crippen LogP contribution in [0.2, 0.25) is 0 Å². The maximum atomic E-state index is 12.5.